The van der Waals surface area contributed by atoms with Gasteiger partial charge in [0.1, 0.15) is 10.7 Å². The second kappa shape index (κ2) is 5.13. The normalized spacial score (nSPS) is 12.6. The van der Waals surface area contributed by atoms with Crippen molar-refractivity contribution in [3.05, 3.63) is 26.6 Å². The van der Waals surface area contributed by atoms with Crippen molar-refractivity contribution in [2.24, 2.45) is 0 Å². The summed E-state index contributed by atoms with van der Waals surface area (Å²) in [5.74, 6) is 0.430. The van der Waals surface area contributed by atoms with Crippen molar-refractivity contribution >= 4 is 27.5 Å². The van der Waals surface area contributed by atoms with E-state index in [-0.39, 0.29) is 17.5 Å². The molecule has 0 aromatic carbocycles. The first-order valence-electron chi connectivity index (χ1n) is 6.25. The van der Waals surface area contributed by atoms with Crippen LogP contribution in [0.15, 0.2) is 4.79 Å². The number of fused-ring (bicyclic) bond motifs is 1. The monoisotopic (exact) mass is 279 g/mol. The van der Waals surface area contributed by atoms with Crippen molar-refractivity contribution in [2.45, 2.75) is 40.2 Å². The quantitative estimate of drug-likeness (QED) is 0.903. The number of rotatable bonds is 3. The smallest absolute Gasteiger partial charge is 0.261 e. The molecule has 6 heteroatoms. The zero-order valence-electron chi connectivity index (χ0n) is 11.5. The van der Waals surface area contributed by atoms with Crippen LogP contribution in [0, 0.1) is 13.8 Å². The molecule has 2 rings (SSSR count). The fraction of sp³-hybridized carbons (Fsp3) is 0.462. The molecule has 2 N–H and O–H groups in total. The number of aromatic nitrogens is 2. The number of carbonyl (C=O) groups excluding carboxylic acids is 1. The summed E-state index contributed by atoms with van der Waals surface area (Å²) in [5.41, 5.74) is 0.522. The molecule has 0 saturated carbocycles. The van der Waals surface area contributed by atoms with E-state index >= 15 is 0 Å². The van der Waals surface area contributed by atoms with Crippen molar-refractivity contribution in [3.8, 4) is 0 Å². The molecule has 0 aliphatic carbocycles. The molecule has 5 nitrogen and oxygen atoms in total. The van der Waals surface area contributed by atoms with E-state index in [0.29, 0.717) is 26.5 Å². The summed E-state index contributed by atoms with van der Waals surface area (Å²) >= 11 is 1.27. The van der Waals surface area contributed by atoms with E-state index in [0.717, 1.165) is 6.42 Å². The van der Waals surface area contributed by atoms with Crippen LogP contribution >= 0.6 is 11.3 Å². The lowest BCUT2D eigenvalue weighted by atomic mass is 10.2. The first kappa shape index (κ1) is 13.7. The molecule has 102 valence electrons. The molecule has 2 aromatic rings. The van der Waals surface area contributed by atoms with Crippen molar-refractivity contribution < 1.29 is 4.79 Å². The second-order valence-electron chi connectivity index (χ2n) is 4.67. The van der Waals surface area contributed by atoms with E-state index in [1.165, 1.54) is 11.3 Å². The highest BCUT2D eigenvalue weighted by Gasteiger charge is 2.19. The first-order chi connectivity index (χ1) is 8.93. The highest BCUT2D eigenvalue weighted by Crippen LogP contribution is 2.26. The fourth-order valence-corrected chi connectivity index (χ4v) is 2.99. The van der Waals surface area contributed by atoms with Gasteiger partial charge in [0.15, 0.2) is 0 Å². The molecule has 1 atom stereocenters. The molecular weight excluding hydrogens is 262 g/mol. The number of hydrogen-bond donors (Lipinski definition) is 2. The van der Waals surface area contributed by atoms with Crippen molar-refractivity contribution in [3.63, 3.8) is 0 Å². The number of nitrogens with zero attached hydrogens (tertiary/aromatic N) is 1. The Balaban J connectivity index is 2.51. The molecule has 0 spiro atoms. The lowest BCUT2D eigenvalue weighted by molar-refractivity contribution is 0.0943. The van der Waals surface area contributed by atoms with Gasteiger partial charge in [-0.1, -0.05) is 6.92 Å². The third-order valence-electron chi connectivity index (χ3n) is 3.12. The summed E-state index contributed by atoms with van der Waals surface area (Å²) in [6, 6.07) is 0.116. The molecule has 19 heavy (non-hydrogen) atoms. The van der Waals surface area contributed by atoms with Gasteiger partial charge in [0, 0.05) is 6.04 Å². The van der Waals surface area contributed by atoms with Gasteiger partial charge in [-0.2, -0.15) is 0 Å². The minimum Gasteiger partial charge on any atom is -0.349 e. The summed E-state index contributed by atoms with van der Waals surface area (Å²) in [5, 5.41) is 3.43. The fourth-order valence-electron chi connectivity index (χ4n) is 1.86. The van der Waals surface area contributed by atoms with Crippen molar-refractivity contribution in [1.29, 1.82) is 0 Å². The number of carbonyl (C=O) groups is 1. The molecule has 1 amide bonds. The predicted molar refractivity (Wildman–Crippen MR) is 76.9 cm³/mol. The average molecular weight is 279 g/mol. The molecule has 0 bridgehead atoms. The number of thiophene rings is 1. The van der Waals surface area contributed by atoms with Crippen LogP contribution in [-0.2, 0) is 0 Å². The van der Waals surface area contributed by atoms with E-state index in [2.05, 4.69) is 15.3 Å². The number of aromatic amines is 1. The maximum Gasteiger partial charge on any atom is 0.261 e. The molecule has 2 heterocycles. The zero-order valence-corrected chi connectivity index (χ0v) is 12.3. The van der Waals surface area contributed by atoms with Gasteiger partial charge >= 0.3 is 0 Å². The van der Waals surface area contributed by atoms with Gasteiger partial charge in [0.2, 0.25) is 0 Å². The molecule has 0 aliphatic heterocycles. The lowest BCUT2D eigenvalue weighted by Gasteiger charge is -2.10. The lowest BCUT2D eigenvalue weighted by Crippen LogP contribution is -2.31. The summed E-state index contributed by atoms with van der Waals surface area (Å²) in [4.78, 5) is 32.2. The molecular formula is C13H17N3O2S. The zero-order chi connectivity index (χ0) is 14.2. The highest BCUT2D eigenvalue weighted by atomic mass is 32.1. The van der Waals surface area contributed by atoms with Crippen LogP contribution < -0.4 is 10.9 Å². The number of H-pyrrole nitrogens is 1. The Hall–Kier alpha value is -1.69. The molecule has 0 aliphatic rings. The van der Waals surface area contributed by atoms with Crippen molar-refractivity contribution in [2.75, 3.05) is 0 Å². The van der Waals surface area contributed by atoms with Gasteiger partial charge in [-0.05, 0) is 32.8 Å². The topological polar surface area (TPSA) is 74.8 Å². The van der Waals surface area contributed by atoms with E-state index in [1.54, 1.807) is 13.8 Å². The van der Waals surface area contributed by atoms with Gasteiger partial charge in [0.05, 0.1) is 10.3 Å². The third-order valence-corrected chi connectivity index (χ3v) is 4.30. The maximum absolute atomic E-state index is 12.2. The van der Waals surface area contributed by atoms with Crippen LogP contribution in [-0.4, -0.2) is 21.9 Å². The van der Waals surface area contributed by atoms with Gasteiger partial charge in [0.25, 0.3) is 11.5 Å². The Labute approximate surface area is 115 Å². The first-order valence-corrected chi connectivity index (χ1v) is 7.06. The largest absolute Gasteiger partial charge is 0.349 e. The number of hydrogen-bond acceptors (Lipinski definition) is 4. The van der Waals surface area contributed by atoms with Crippen LogP contribution in [0.2, 0.25) is 0 Å². The molecule has 0 radical (unpaired) electrons. The third kappa shape index (κ3) is 2.53. The Morgan fingerprint density at radius 2 is 2.16 bits per heavy atom. The van der Waals surface area contributed by atoms with Gasteiger partial charge < -0.3 is 10.3 Å². The number of amides is 1. The summed E-state index contributed by atoms with van der Waals surface area (Å²) < 4.78 is 0. The van der Waals surface area contributed by atoms with Crippen LogP contribution in [0.1, 0.15) is 41.3 Å². The predicted octanol–water partition coefficient (Wildman–Crippen LogP) is 2.13. The highest BCUT2D eigenvalue weighted by molar-refractivity contribution is 7.20. The van der Waals surface area contributed by atoms with Gasteiger partial charge in [-0.3, -0.25) is 9.59 Å². The van der Waals surface area contributed by atoms with Crippen LogP contribution in [0.4, 0.5) is 0 Å². The summed E-state index contributed by atoms with van der Waals surface area (Å²) in [7, 11) is 0. The Morgan fingerprint density at radius 1 is 1.47 bits per heavy atom. The van der Waals surface area contributed by atoms with Gasteiger partial charge in [-0.25, -0.2) is 4.98 Å². The molecule has 0 saturated heterocycles. The molecule has 1 unspecified atom stereocenters. The summed E-state index contributed by atoms with van der Waals surface area (Å²) in [6.07, 6.45) is 0.869. The second-order valence-corrected chi connectivity index (χ2v) is 5.67. The van der Waals surface area contributed by atoms with Crippen LogP contribution in [0.5, 0.6) is 0 Å². The minimum atomic E-state index is -0.182. The van der Waals surface area contributed by atoms with E-state index in [9.17, 15) is 9.59 Å². The van der Waals surface area contributed by atoms with E-state index < -0.39 is 0 Å². The average Bonchev–Trinajstić information content (AvgIpc) is 2.66. The SMILES string of the molecule is CCC(C)NC(=O)c1sc2nc(C)[nH]c(=O)c2c1C. The van der Waals surface area contributed by atoms with Crippen molar-refractivity contribution in [1.82, 2.24) is 15.3 Å². The Kier molecular flexibility index (Phi) is 3.71. The summed E-state index contributed by atoms with van der Waals surface area (Å²) in [6.45, 7) is 7.49. The minimum absolute atomic E-state index is 0.116. The standard InChI is InChI=1S/C13H17N3O2S/c1-5-6(2)14-12(18)10-7(3)9-11(17)15-8(4)16-13(9)19-10/h6H,5H2,1-4H3,(H,14,18)(H,15,16,17). The van der Waals surface area contributed by atoms with Gasteiger partial charge in [-0.15, -0.1) is 11.3 Å². The Bertz CT molecular complexity index is 687. The molecule has 2 aromatic heterocycles. The van der Waals surface area contributed by atoms with Crippen LogP contribution in [0.25, 0.3) is 10.2 Å². The number of aryl methyl sites for hydroxylation is 2. The molecule has 0 fully saturated rings. The van der Waals surface area contributed by atoms with Crippen LogP contribution in [0.3, 0.4) is 0 Å². The maximum atomic E-state index is 12.2. The number of nitrogens with one attached hydrogen (secondary N) is 2. The van der Waals surface area contributed by atoms with E-state index in [1.807, 2.05) is 13.8 Å². The van der Waals surface area contributed by atoms with E-state index in [4.69, 9.17) is 0 Å². The Morgan fingerprint density at radius 3 is 2.79 bits per heavy atom.